The topological polar surface area (TPSA) is 93.5 Å². The third-order valence-corrected chi connectivity index (χ3v) is 3.74. The molecule has 0 heterocycles. The van der Waals surface area contributed by atoms with Crippen LogP contribution in [0.2, 0.25) is 0 Å². The number of aliphatic imine (C=N–C) groups is 1. The molecule has 0 saturated carbocycles. The van der Waals surface area contributed by atoms with Crippen molar-refractivity contribution in [3.05, 3.63) is 0 Å². The van der Waals surface area contributed by atoms with Gasteiger partial charge in [0.15, 0.2) is 5.96 Å². The number of amides is 1. The molecule has 0 aliphatic carbocycles. The van der Waals surface area contributed by atoms with Crippen molar-refractivity contribution >= 4 is 11.9 Å². The largest absolute Gasteiger partial charge is 0.370 e. The van der Waals surface area contributed by atoms with E-state index in [0.29, 0.717) is 19.5 Å². The first-order valence-corrected chi connectivity index (χ1v) is 8.99. The Hall–Kier alpha value is -1.26. The maximum absolute atomic E-state index is 11.5. The molecule has 130 valence electrons. The summed E-state index contributed by atoms with van der Waals surface area (Å²) < 4.78 is 0. The van der Waals surface area contributed by atoms with Crippen LogP contribution < -0.4 is 16.8 Å². The Morgan fingerprint density at radius 1 is 0.864 bits per heavy atom. The van der Waals surface area contributed by atoms with E-state index in [-0.39, 0.29) is 11.9 Å². The molecule has 5 nitrogen and oxygen atoms in total. The molecule has 1 amide bonds. The minimum absolute atomic E-state index is 0.0691. The molecule has 5 N–H and O–H groups in total. The Balaban J connectivity index is 3.18. The van der Waals surface area contributed by atoms with E-state index in [9.17, 15) is 4.79 Å². The molecule has 0 aromatic heterocycles. The number of hydrogen-bond acceptors (Lipinski definition) is 2. The third kappa shape index (κ3) is 16.8. The number of nitrogens with two attached hydrogens (primary N) is 2. The van der Waals surface area contributed by atoms with Crippen molar-refractivity contribution in [2.24, 2.45) is 16.5 Å². The molecule has 0 aromatic carbocycles. The van der Waals surface area contributed by atoms with Gasteiger partial charge in [-0.2, -0.15) is 0 Å². The lowest BCUT2D eigenvalue weighted by Crippen LogP contribution is -2.28. The molecule has 0 fully saturated rings. The van der Waals surface area contributed by atoms with Crippen LogP contribution in [0, 0.1) is 0 Å². The summed E-state index contributed by atoms with van der Waals surface area (Å²) in [4.78, 5) is 15.3. The van der Waals surface area contributed by atoms with E-state index < -0.39 is 0 Å². The van der Waals surface area contributed by atoms with Crippen molar-refractivity contribution in [1.29, 1.82) is 0 Å². The van der Waals surface area contributed by atoms with Gasteiger partial charge in [0.1, 0.15) is 0 Å². The second-order valence-electron chi connectivity index (χ2n) is 5.94. The number of guanidine groups is 1. The molecular formula is C17H36N4O. The Bertz CT molecular complexity index is 288. The molecule has 0 aliphatic rings. The fraction of sp³-hybridized carbons (Fsp3) is 0.882. The summed E-state index contributed by atoms with van der Waals surface area (Å²) >= 11 is 0. The minimum atomic E-state index is 0.0691. The predicted molar refractivity (Wildman–Crippen MR) is 94.8 cm³/mol. The van der Waals surface area contributed by atoms with Gasteiger partial charge in [-0.1, -0.05) is 71.1 Å². The highest BCUT2D eigenvalue weighted by molar-refractivity contribution is 5.76. The number of hydrogen-bond donors (Lipinski definition) is 3. The molecule has 0 atom stereocenters. The summed E-state index contributed by atoms with van der Waals surface area (Å²) in [6, 6.07) is 0. The highest BCUT2D eigenvalue weighted by Crippen LogP contribution is 2.11. The Kier molecular flexibility index (Phi) is 15.2. The van der Waals surface area contributed by atoms with Crippen LogP contribution in [-0.4, -0.2) is 25.0 Å². The fourth-order valence-corrected chi connectivity index (χ4v) is 2.42. The molecule has 0 saturated heterocycles. The molecular weight excluding hydrogens is 276 g/mol. The zero-order valence-electron chi connectivity index (χ0n) is 14.4. The van der Waals surface area contributed by atoms with Crippen LogP contribution in [0.25, 0.3) is 0 Å². The lowest BCUT2D eigenvalue weighted by atomic mass is 10.1. The summed E-state index contributed by atoms with van der Waals surface area (Å²) in [5.74, 6) is 0.168. The molecule has 0 rings (SSSR count). The molecule has 5 heteroatoms. The molecule has 0 unspecified atom stereocenters. The monoisotopic (exact) mass is 312 g/mol. The van der Waals surface area contributed by atoms with Crippen LogP contribution in [-0.2, 0) is 4.79 Å². The summed E-state index contributed by atoms with van der Waals surface area (Å²) in [5.41, 5.74) is 10.4. The Morgan fingerprint density at radius 3 is 1.86 bits per heavy atom. The predicted octanol–water partition coefficient (Wildman–Crippen LogP) is 3.08. The lowest BCUT2D eigenvalue weighted by molar-refractivity contribution is -0.121. The zero-order chi connectivity index (χ0) is 16.5. The summed E-state index contributed by atoms with van der Waals surface area (Å²) in [6.45, 7) is 3.21. The summed E-state index contributed by atoms with van der Waals surface area (Å²) in [7, 11) is 0. The third-order valence-electron chi connectivity index (χ3n) is 3.74. The first kappa shape index (κ1) is 20.7. The van der Waals surface area contributed by atoms with E-state index in [4.69, 9.17) is 11.5 Å². The van der Waals surface area contributed by atoms with E-state index >= 15 is 0 Å². The molecule has 0 radical (unpaired) electrons. The molecule has 22 heavy (non-hydrogen) atoms. The number of carbonyl (C=O) groups is 1. The zero-order valence-corrected chi connectivity index (χ0v) is 14.4. The van der Waals surface area contributed by atoms with Gasteiger partial charge in [-0.15, -0.1) is 0 Å². The van der Waals surface area contributed by atoms with Crippen molar-refractivity contribution in [3.63, 3.8) is 0 Å². The van der Waals surface area contributed by atoms with E-state index in [1.54, 1.807) is 0 Å². The Labute approximate surface area is 136 Å². The number of nitrogens with one attached hydrogen (secondary N) is 1. The van der Waals surface area contributed by atoms with Crippen molar-refractivity contribution < 1.29 is 4.79 Å². The average molecular weight is 313 g/mol. The van der Waals surface area contributed by atoms with Crippen LogP contribution >= 0.6 is 0 Å². The number of carbonyl (C=O) groups excluding carboxylic acids is 1. The SMILES string of the molecule is CCCCCCCCCCCCCC(=O)NCCN=C(N)N. The van der Waals surface area contributed by atoms with E-state index in [1.165, 1.54) is 57.8 Å². The van der Waals surface area contributed by atoms with Crippen LogP contribution in [0.1, 0.15) is 84.0 Å². The highest BCUT2D eigenvalue weighted by Gasteiger charge is 2.00. The van der Waals surface area contributed by atoms with E-state index in [0.717, 1.165) is 12.8 Å². The highest BCUT2D eigenvalue weighted by atomic mass is 16.1. The maximum Gasteiger partial charge on any atom is 0.220 e. The minimum Gasteiger partial charge on any atom is -0.370 e. The quantitative estimate of drug-likeness (QED) is 0.246. The van der Waals surface area contributed by atoms with Crippen molar-refractivity contribution in [1.82, 2.24) is 5.32 Å². The van der Waals surface area contributed by atoms with Crippen molar-refractivity contribution in [3.8, 4) is 0 Å². The fourth-order valence-electron chi connectivity index (χ4n) is 2.42. The molecule has 0 aromatic rings. The van der Waals surface area contributed by atoms with Gasteiger partial charge in [-0.05, 0) is 6.42 Å². The number of rotatable bonds is 15. The number of unbranched alkanes of at least 4 members (excludes halogenated alkanes) is 10. The van der Waals surface area contributed by atoms with Gasteiger partial charge in [-0.3, -0.25) is 9.79 Å². The van der Waals surface area contributed by atoms with Gasteiger partial charge < -0.3 is 16.8 Å². The van der Waals surface area contributed by atoms with Gasteiger partial charge in [-0.25, -0.2) is 0 Å². The summed E-state index contributed by atoms with van der Waals surface area (Å²) in [5, 5.41) is 2.82. The lowest BCUT2D eigenvalue weighted by Gasteiger charge is -2.04. The van der Waals surface area contributed by atoms with Gasteiger partial charge in [0.05, 0.1) is 6.54 Å². The van der Waals surface area contributed by atoms with E-state index in [1.807, 2.05) is 0 Å². The van der Waals surface area contributed by atoms with Crippen molar-refractivity contribution in [2.75, 3.05) is 13.1 Å². The first-order valence-electron chi connectivity index (χ1n) is 8.99. The van der Waals surface area contributed by atoms with Crippen molar-refractivity contribution in [2.45, 2.75) is 84.0 Å². The van der Waals surface area contributed by atoms with Gasteiger partial charge in [0, 0.05) is 13.0 Å². The molecule has 0 bridgehead atoms. The van der Waals surface area contributed by atoms with Crippen LogP contribution in [0.3, 0.4) is 0 Å². The van der Waals surface area contributed by atoms with E-state index in [2.05, 4.69) is 17.2 Å². The molecule has 0 spiro atoms. The smallest absolute Gasteiger partial charge is 0.220 e. The second-order valence-corrected chi connectivity index (χ2v) is 5.94. The normalized spacial score (nSPS) is 10.4. The van der Waals surface area contributed by atoms with Crippen LogP contribution in [0.4, 0.5) is 0 Å². The van der Waals surface area contributed by atoms with Gasteiger partial charge >= 0.3 is 0 Å². The molecule has 0 aliphatic heterocycles. The van der Waals surface area contributed by atoms with Gasteiger partial charge in [0.25, 0.3) is 0 Å². The van der Waals surface area contributed by atoms with Crippen LogP contribution in [0.5, 0.6) is 0 Å². The van der Waals surface area contributed by atoms with Gasteiger partial charge in [0.2, 0.25) is 5.91 Å². The Morgan fingerprint density at radius 2 is 1.36 bits per heavy atom. The average Bonchev–Trinajstić information content (AvgIpc) is 2.49. The maximum atomic E-state index is 11.5. The second kappa shape index (κ2) is 16.1. The standard InChI is InChI=1S/C17H36N4O/c1-2-3-4-5-6-7-8-9-10-11-12-13-16(22)20-14-15-21-17(18)19/h2-15H2,1H3,(H,20,22)(H4,18,19,21). The summed E-state index contributed by atoms with van der Waals surface area (Å²) in [6.07, 6.45) is 14.9. The first-order chi connectivity index (χ1) is 10.7. The number of nitrogens with zero attached hydrogens (tertiary/aromatic N) is 1. The van der Waals surface area contributed by atoms with Crippen LogP contribution in [0.15, 0.2) is 4.99 Å².